The summed E-state index contributed by atoms with van der Waals surface area (Å²) in [6.07, 6.45) is 11.7. The van der Waals surface area contributed by atoms with Crippen LogP contribution in [0.1, 0.15) is 79.8 Å². The van der Waals surface area contributed by atoms with Crippen molar-refractivity contribution in [3.63, 3.8) is 0 Å². The lowest BCUT2D eigenvalue weighted by atomic mass is 9.89. The van der Waals surface area contributed by atoms with Gasteiger partial charge in [0.05, 0.1) is 0 Å². The van der Waals surface area contributed by atoms with Crippen molar-refractivity contribution in [2.45, 2.75) is 71.1 Å². The van der Waals surface area contributed by atoms with Gasteiger partial charge in [0.15, 0.2) is 5.78 Å². The summed E-state index contributed by atoms with van der Waals surface area (Å²) in [4.78, 5) is 12.2. The third-order valence-corrected chi connectivity index (χ3v) is 4.18. The molecule has 0 aromatic heterocycles. The van der Waals surface area contributed by atoms with Gasteiger partial charge in [0.25, 0.3) is 0 Å². The number of rotatable bonds is 7. The van der Waals surface area contributed by atoms with Crippen LogP contribution < -0.4 is 0 Å². The van der Waals surface area contributed by atoms with Gasteiger partial charge in [0.1, 0.15) is 0 Å². The molecule has 0 radical (unpaired) electrons. The second-order valence-electron chi connectivity index (χ2n) is 5.78. The van der Waals surface area contributed by atoms with Crippen LogP contribution in [-0.2, 0) is 12.8 Å². The Labute approximate surface area is 117 Å². The summed E-state index contributed by atoms with van der Waals surface area (Å²) >= 11 is 0. The van der Waals surface area contributed by atoms with Crippen LogP contribution in [0.25, 0.3) is 0 Å². The highest BCUT2D eigenvalue weighted by Gasteiger charge is 2.12. The summed E-state index contributed by atoms with van der Waals surface area (Å²) in [5, 5.41) is 0. The molecule has 2 rings (SSSR count). The molecule has 0 aliphatic heterocycles. The maximum Gasteiger partial charge on any atom is 0.162 e. The predicted octanol–water partition coefficient (Wildman–Crippen LogP) is 5.11. The third kappa shape index (κ3) is 4.19. The molecule has 1 aliphatic rings. The van der Waals surface area contributed by atoms with E-state index in [1.54, 1.807) is 0 Å². The number of carbonyl (C=O) groups excluding carboxylic acids is 1. The Morgan fingerprint density at radius 1 is 1.00 bits per heavy atom. The fourth-order valence-electron chi connectivity index (χ4n) is 2.94. The highest BCUT2D eigenvalue weighted by molar-refractivity contribution is 5.96. The average molecular weight is 258 g/mol. The standard InChI is InChI=1S/C18H26O/c1-2-3-4-5-6-11-18(19)17-13-12-15-9-7-8-10-16(15)14-17/h12-14H,2-11H2,1H3. The summed E-state index contributed by atoms with van der Waals surface area (Å²) in [7, 11) is 0. The van der Waals surface area contributed by atoms with Gasteiger partial charge in [-0.3, -0.25) is 4.79 Å². The molecular formula is C18H26O. The minimum absolute atomic E-state index is 0.338. The van der Waals surface area contributed by atoms with Crippen molar-refractivity contribution in [1.82, 2.24) is 0 Å². The molecule has 0 spiro atoms. The number of benzene rings is 1. The number of Topliss-reactive ketones (excluding diaryl/α,β-unsaturated/α-hetero) is 1. The minimum Gasteiger partial charge on any atom is -0.294 e. The molecule has 19 heavy (non-hydrogen) atoms. The largest absolute Gasteiger partial charge is 0.294 e. The lowest BCUT2D eigenvalue weighted by molar-refractivity contribution is 0.0979. The molecule has 0 unspecified atom stereocenters. The van der Waals surface area contributed by atoms with Gasteiger partial charge in [-0.05, 0) is 49.3 Å². The van der Waals surface area contributed by atoms with Crippen molar-refractivity contribution >= 4 is 5.78 Å². The highest BCUT2D eigenvalue weighted by Crippen LogP contribution is 2.23. The SMILES string of the molecule is CCCCCCCC(=O)c1ccc2c(c1)CCCC2. The molecule has 0 saturated carbocycles. The number of unbranched alkanes of at least 4 members (excludes halogenated alkanes) is 4. The normalized spacial score (nSPS) is 14.2. The first-order valence-corrected chi connectivity index (χ1v) is 7.96. The van der Waals surface area contributed by atoms with E-state index in [4.69, 9.17) is 0 Å². The quantitative estimate of drug-likeness (QED) is 0.490. The van der Waals surface area contributed by atoms with E-state index in [-0.39, 0.29) is 0 Å². The van der Waals surface area contributed by atoms with Crippen LogP contribution in [0.5, 0.6) is 0 Å². The van der Waals surface area contributed by atoms with Crippen molar-refractivity contribution in [3.8, 4) is 0 Å². The topological polar surface area (TPSA) is 17.1 Å². The van der Waals surface area contributed by atoms with Gasteiger partial charge in [-0.1, -0.05) is 44.7 Å². The van der Waals surface area contributed by atoms with Gasteiger partial charge < -0.3 is 0 Å². The summed E-state index contributed by atoms with van der Waals surface area (Å²) in [5.74, 6) is 0.338. The molecule has 1 nitrogen and oxygen atoms in total. The molecule has 0 bridgehead atoms. The zero-order valence-electron chi connectivity index (χ0n) is 12.2. The number of carbonyl (C=O) groups is 1. The Morgan fingerprint density at radius 3 is 2.53 bits per heavy atom. The maximum absolute atomic E-state index is 12.2. The third-order valence-electron chi connectivity index (χ3n) is 4.18. The van der Waals surface area contributed by atoms with Crippen LogP contribution in [0.15, 0.2) is 18.2 Å². The first-order valence-electron chi connectivity index (χ1n) is 7.96. The van der Waals surface area contributed by atoms with E-state index >= 15 is 0 Å². The number of aryl methyl sites for hydroxylation is 2. The van der Waals surface area contributed by atoms with Crippen LogP contribution in [0.2, 0.25) is 0 Å². The molecule has 0 amide bonds. The molecule has 104 valence electrons. The second kappa shape index (κ2) is 7.47. The monoisotopic (exact) mass is 258 g/mol. The van der Waals surface area contributed by atoms with Crippen LogP contribution in [0.4, 0.5) is 0 Å². The summed E-state index contributed by atoms with van der Waals surface area (Å²) in [6, 6.07) is 6.38. The molecule has 0 fully saturated rings. The fourth-order valence-corrected chi connectivity index (χ4v) is 2.94. The van der Waals surface area contributed by atoms with Gasteiger partial charge in [0.2, 0.25) is 0 Å². The number of ketones is 1. The smallest absolute Gasteiger partial charge is 0.162 e. The molecule has 1 aliphatic carbocycles. The lowest BCUT2D eigenvalue weighted by Gasteiger charge is -2.16. The van der Waals surface area contributed by atoms with E-state index in [1.165, 1.54) is 56.1 Å². The Morgan fingerprint density at radius 2 is 1.74 bits per heavy atom. The van der Waals surface area contributed by atoms with E-state index in [9.17, 15) is 4.79 Å². The Hall–Kier alpha value is -1.11. The maximum atomic E-state index is 12.2. The molecule has 0 N–H and O–H groups in total. The van der Waals surface area contributed by atoms with E-state index in [0.29, 0.717) is 5.78 Å². The van der Waals surface area contributed by atoms with Crippen LogP contribution in [0.3, 0.4) is 0 Å². The lowest BCUT2D eigenvalue weighted by Crippen LogP contribution is -2.06. The van der Waals surface area contributed by atoms with Gasteiger partial charge in [0, 0.05) is 12.0 Å². The summed E-state index contributed by atoms with van der Waals surface area (Å²) in [6.45, 7) is 2.22. The predicted molar refractivity (Wildman–Crippen MR) is 80.8 cm³/mol. The van der Waals surface area contributed by atoms with E-state index in [0.717, 1.165) is 24.8 Å². The zero-order valence-corrected chi connectivity index (χ0v) is 12.2. The fraction of sp³-hybridized carbons (Fsp3) is 0.611. The molecule has 1 aromatic rings. The van der Waals surface area contributed by atoms with Crippen molar-refractivity contribution in [1.29, 1.82) is 0 Å². The Bertz CT molecular complexity index is 420. The molecule has 1 heteroatoms. The molecule has 1 aromatic carbocycles. The van der Waals surface area contributed by atoms with E-state index in [1.807, 2.05) is 6.07 Å². The average Bonchev–Trinajstić information content (AvgIpc) is 2.46. The van der Waals surface area contributed by atoms with Gasteiger partial charge in [-0.2, -0.15) is 0 Å². The molecular weight excluding hydrogens is 232 g/mol. The van der Waals surface area contributed by atoms with Gasteiger partial charge in [-0.25, -0.2) is 0 Å². The number of fused-ring (bicyclic) bond motifs is 1. The van der Waals surface area contributed by atoms with Crippen molar-refractivity contribution in [3.05, 3.63) is 34.9 Å². The van der Waals surface area contributed by atoms with Crippen LogP contribution in [-0.4, -0.2) is 5.78 Å². The van der Waals surface area contributed by atoms with E-state index < -0.39 is 0 Å². The minimum atomic E-state index is 0.338. The zero-order chi connectivity index (χ0) is 13.5. The van der Waals surface area contributed by atoms with Crippen molar-refractivity contribution < 1.29 is 4.79 Å². The summed E-state index contributed by atoms with van der Waals surface area (Å²) < 4.78 is 0. The van der Waals surface area contributed by atoms with Crippen molar-refractivity contribution in [2.24, 2.45) is 0 Å². The molecule has 0 atom stereocenters. The molecule has 0 saturated heterocycles. The van der Waals surface area contributed by atoms with Gasteiger partial charge >= 0.3 is 0 Å². The number of hydrogen-bond donors (Lipinski definition) is 0. The van der Waals surface area contributed by atoms with Gasteiger partial charge in [-0.15, -0.1) is 0 Å². The van der Waals surface area contributed by atoms with Crippen molar-refractivity contribution in [2.75, 3.05) is 0 Å². The summed E-state index contributed by atoms with van der Waals surface area (Å²) in [5.41, 5.74) is 3.82. The second-order valence-corrected chi connectivity index (χ2v) is 5.78. The number of hydrogen-bond acceptors (Lipinski definition) is 1. The van der Waals surface area contributed by atoms with E-state index in [2.05, 4.69) is 19.1 Å². The van der Waals surface area contributed by atoms with Crippen LogP contribution in [0, 0.1) is 0 Å². The Kier molecular flexibility index (Phi) is 5.62. The first kappa shape index (κ1) is 14.3. The van der Waals surface area contributed by atoms with Crippen LogP contribution >= 0.6 is 0 Å². The Balaban J connectivity index is 1.85. The first-order chi connectivity index (χ1) is 9.31. The molecule has 0 heterocycles. The highest BCUT2D eigenvalue weighted by atomic mass is 16.1.